The van der Waals surface area contributed by atoms with Gasteiger partial charge in [0.25, 0.3) is 5.89 Å². The molecule has 148 valence electrons. The van der Waals surface area contributed by atoms with Gasteiger partial charge in [-0.25, -0.2) is 9.97 Å². The Morgan fingerprint density at radius 2 is 1.83 bits per heavy atom. The first-order valence-corrected chi connectivity index (χ1v) is 9.71. The van der Waals surface area contributed by atoms with E-state index < -0.39 is 11.7 Å². The lowest BCUT2D eigenvalue weighted by Gasteiger charge is -2.05. The van der Waals surface area contributed by atoms with Crippen LogP contribution in [0.15, 0.2) is 28.8 Å². The van der Waals surface area contributed by atoms with Crippen LogP contribution >= 0.6 is 11.3 Å². The van der Waals surface area contributed by atoms with Crippen molar-refractivity contribution in [1.82, 2.24) is 20.1 Å². The van der Waals surface area contributed by atoms with E-state index in [0.717, 1.165) is 46.7 Å². The van der Waals surface area contributed by atoms with Gasteiger partial charge in [0.05, 0.1) is 22.3 Å². The first kappa shape index (κ1) is 18.0. The maximum Gasteiger partial charge on any atom is 0.416 e. The Balaban J connectivity index is 1.52. The second-order valence-electron chi connectivity index (χ2n) is 6.96. The van der Waals surface area contributed by atoms with Gasteiger partial charge >= 0.3 is 6.18 Å². The third-order valence-electron chi connectivity index (χ3n) is 4.82. The molecule has 1 aliphatic rings. The lowest BCUT2D eigenvalue weighted by atomic mass is 10.1. The van der Waals surface area contributed by atoms with Crippen LogP contribution in [0.4, 0.5) is 18.9 Å². The molecule has 1 aromatic carbocycles. The van der Waals surface area contributed by atoms with Crippen molar-refractivity contribution >= 4 is 27.2 Å². The van der Waals surface area contributed by atoms with Crippen molar-refractivity contribution in [2.75, 3.05) is 5.73 Å². The maximum absolute atomic E-state index is 12.7. The summed E-state index contributed by atoms with van der Waals surface area (Å²) in [5.74, 6) is 1.64. The third kappa shape index (κ3) is 3.13. The van der Waals surface area contributed by atoms with Crippen LogP contribution in [-0.4, -0.2) is 20.1 Å². The predicted molar refractivity (Wildman–Crippen MR) is 102 cm³/mol. The van der Waals surface area contributed by atoms with Crippen molar-refractivity contribution in [2.24, 2.45) is 0 Å². The fourth-order valence-corrected chi connectivity index (χ4v) is 4.22. The van der Waals surface area contributed by atoms with Gasteiger partial charge in [0.1, 0.15) is 15.5 Å². The lowest BCUT2D eigenvalue weighted by Crippen LogP contribution is -2.04. The van der Waals surface area contributed by atoms with E-state index in [4.69, 9.17) is 10.3 Å². The van der Waals surface area contributed by atoms with E-state index in [0.29, 0.717) is 22.0 Å². The van der Waals surface area contributed by atoms with Gasteiger partial charge in [0.2, 0.25) is 5.82 Å². The Bertz CT molecular complexity index is 1230. The summed E-state index contributed by atoms with van der Waals surface area (Å²) < 4.78 is 43.5. The van der Waals surface area contributed by atoms with E-state index in [1.54, 1.807) is 0 Å². The molecular formula is C19H14F3N5OS. The number of fused-ring (bicyclic) bond motifs is 1. The number of anilines is 1. The molecule has 1 saturated carbocycles. The van der Waals surface area contributed by atoms with Crippen LogP contribution in [0.2, 0.25) is 0 Å². The van der Waals surface area contributed by atoms with Crippen LogP contribution in [0, 0.1) is 6.92 Å². The maximum atomic E-state index is 12.7. The average Bonchev–Trinajstić information content (AvgIpc) is 3.32. The average molecular weight is 417 g/mol. The van der Waals surface area contributed by atoms with Gasteiger partial charge in [0.15, 0.2) is 0 Å². The number of alkyl halides is 3. The molecule has 3 heterocycles. The number of benzene rings is 1. The minimum Gasteiger partial charge on any atom is -0.397 e. The first-order valence-electron chi connectivity index (χ1n) is 8.89. The number of hydrogen-bond acceptors (Lipinski definition) is 7. The van der Waals surface area contributed by atoms with E-state index in [2.05, 4.69) is 20.1 Å². The zero-order valence-electron chi connectivity index (χ0n) is 15.1. The highest BCUT2D eigenvalue weighted by Gasteiger charge is 2.31. The zero-order valence-corrected chi connectivity index (χ0v) is 15.9. The molecule has 1 aliphatic carbocycles. The fourth-order valence-electron chi connectivity index (χ4n) is 3.14. The van der Waals surface area contributed by atoms with Crippen LogP contribution in [0.25, 0.3) is 32.4 Å². The van der Waals surface area contributed by atoms with Gasteiger partial charge in [-0.3, -0.25) is 0 Å². The third-order valence-corrected chi connectivity index (χ3v) is 5.91. The number of nitrogens with two attached hydrogens (primary N) is 1. The van der Waals surface area contributed by atoms with Crippen LogP contribution in [0.3, 0.4) is 0 Å². The summed E-state index contributed by atoms with van der Waals surface area (Å²) in [5.41, 5.74) is 7.26. The van der Waals surface area contributed by atoms with E-state index in [9.17, 15) is 13.2 Å². The van der Waals surface area contributed by atoms with Crippen molar-refractivity contribution in [3.63, 3.8) is 0 Å². The Labute approximate surface area is 166 Å². The van der Waals surface area contributed by atoms with Gasteiger partial charge < -0.3 is 10.3 Å². The topological polar surface area (TPSA) is 90.7 Å². The summed E-state index contributed by atoms with van der Waals surface area (Å²) in [7, 11) is 0. The number of rotatable bonds is 3. The normalized spacial score (nSPS) is 14.6. The van der Waals surface area contributed by atoms with Crippen molar-refractivity contribution in [2.45, 2.75) is 31.9 Å². The summed E-state index contributed by atoms with van der Waals surface area (Å²) >= 11 is 1.34. The lowest BCUT2D eigenvalue weighted by molar-refractivity contribution is -0.137. The van der Waals surface area contributed by atoms with Gasteiger partial charge in [-0.1, -0.05) is 17.3 Å². The molecule has 0 atom stereocenters. The molecule has 2 N–H and O–H groups in total. The molecule has 4 aromatic rings. The first-order chi connectivity index (χ1) is 13.8. The minimum atomic E-state index is -4.40. The molecule has 10 heteroatoms. The SMILES string of the molecule is Cc1nc(C2CC2)nc2sc(-c3nc(-c4ccc(C(F)(F)F)cc4)no3)c(N)c12. The number of thiophene rings is 1. The number of nitrogens with zero attached hydrogens (tertiary/aromatic N) is 4. The monoisotopic (exact) mass is 417 g/mol. The van der Waals surface area contributed by atoms with E-state index >= 15 is 0 Å². The summed E-state index contributed by atoms with van der Waals surface area (Å²) in [6.07, 6.45) is -2.21. The fraction of sp³-hybridized carbons (Fsp3) is 0.263. The number of aromatic nitrogens is 4. The van der Waals surface area contributed by atoms with E-state index in [-0.39, 0.29) is 11.7 Å². The van der Waals surface area contributed by atoms with E-state index in [1.165, 1.54) is 23.5 Å². The summed E-state index contributed by atoms with van der Waals surface area (Å²) in [6, 6.07) is 4.58. The molecule has 0 spiro atoms. The Morgan fingerprint density at radius 1 is 1.10 bits per heavy atom. The second kappa shape index (κ2) is 6.24. The highest BCUT2D eigenvalue weighted by molar-refractivity contribution is 7.22. The molecule has 0 unspecified atom stereocenters. The highest BCUT2D eigenvalue weighted by atomic mass is 32.1. The molecule has 6 nitrogen and oxygen atoms in total. The van der Waals surface area contributed by atoms with Crippen molar-refractivity contribution < 1.29 is 17.7 Å². The number of aryl methyl sites for hydroxylation is 1. The Kier molecular flexibility index (Phi) is 3.89. The molecule has 0 saturated heterocycles. The molecule has 0 amide bonds. The van der Waals surface area contributed by atoms with Gasteiger partial charge in [-0.05, 0) is 31.9 Å². The summed E-state index contributed by atoms with van der Waals surface area (Å²) in [4.78, 5) is 14.9. The number of nitrogen functional groups attached to an aromatic ring is 1. The Morgan fingerprint density at radius 3 is 2.48 bits per heavy atom. The van der Waals surface area contributed by atoms with E-state index in [1.807, 2.05) is 6.92 Å². The molecule has 0 bridgehead atoms. The number of hydrogen-bond donors (Lipinski definition) is 1. The Hall–Kier alpha value is -3.01. The van der Waals surface area contributed by atoms with Crippen LogP contribution in [0.5, 0.6) is 0 Å². The molecule has 3 aromatic heterocycles. The molecular weight excluding hydrogens is 403 g/mol. The van der Waals surface area contributed by atoms with Crippen LogP contribution in [0.1, 0.15) is 35.8 Å². The summed E-state index contributed by atoms with van der Waals surface area (Å²) in [6.45, 7) is 1.89. The van der Waals surface area contributed by atoms with Crippen molar-refractivity contribution in [3.05, 3.63) is 41.3 Å². The summed E-state index contributed by atoms with van der Waals surface area (Å²) in [5, 5.41) is 4.66. The predicted octanol–water partition coefficient (Wildman–Crippen LogP) is 5.20. The molecule has 5 rings (SSSR count). The minimum absolute atomic E-state index is 0.187. The number of halogens is 3. The quantitative estimate of drug-likeness (QED) is 0.493. The van der Waals surface area contributed by atoms with Gasteiger partial charge in [0, 0.05) is 11.5 Å². The molecule has 0 radical (unpaired) electrons. The second-order valence-corrected chi connectivity index (χ2v) is 7.96. The van der Waals surface area contributed by atoms with Crippen LogP contribution < -0.4 is 5.73 Å². The smallest absolute Gasteiger partial charge is 0.397 e. The standard InChI is InChI=1S/C19H14F3N5OS/c1-8-12-13(23)14(29-18(12)26-15(24-8)9-2-3-9)17-25-16(27-28-17)10-4-6-11(7-5-10)19(20,21)22/h4-7,9H,2-3,23H2,1H3. The van der Waals surface area contributed by atoms with Crippen molar-refractivity contribution in [1.29, 1.82) is 0 Å². The zero-order chi connectivity index (χ0) is 20.3. The highest BCUT2D eigenvalue weighted by Crippen LogP contribution is 2.44. The molecule has 0 aliphatic heterocycles. The largest absolute Gasteiger partial charge is 0.416 e. The molecule has 29 heavy (non-hydrogen) atoms. The van der Waals surface area contributed by atoms with Crippen molar-refractivity contribution in [3.8, 4) is 22.2 Å². The van der Waals surface area contributed by atoms with Crippen LogP contribution in [-0.2, 0) is 6.18 Å². The van der Waals surface area contributed by atoms with Gasteiger partial charge in [-0.15, -0.1) is 11.3 Å². The molecule has 1 fully saturated rings. The van der Waals surface area contributed by atoms with Gasteiger partial charge in [-0.2, -0.15) is 18.2 Å².